The molecule has 0 spiro atoms. The maximum atomic E-state index is 15.1. The van der Waals surface area contributed by atoms with E-state index in [9.17, 15) is 5.11 Å². The summed E-state index contributed by atoms with van der Waals surface area (Å²) in [6, 6.07) is 9.92. The van der Waals surface area contributed by atoms with Crippen LogP contribution >= 0.6 is 12.4 Å². The molecular formula is C25H28ClFN4O. The van der Waals surface area contributed by atoms with E-state index in [4.69, 9.17) is 5.10 Å². The number of aryl methyl sites for hydroxylation is 2. The number of nitrogens with zero attached hydrogens (tertiary/aromatic N) is 2. The number of benzene rings is 2. The molecule has 3 N–H and O–H groups in total. The number of H-pyrrole nitrogens is 1. The lowest BCUT2D eigenvalue weighted by atomic mass is 9.96. The highest BCUT2D eigenvalue weighted by molar-refractivity contribution is 5.97. The highest BCUT2D eigenvalue weighted by atomic mass is 35.5. The van der Waals surface area contributed by atoms with E-state index in [1.165, 1.54) is 11.1 Å². The average molecular weight is 455 g/mol. The number of hydrogen-bond acceptors (Lipinski definition) is 3. The number of halogens is 2. The predicted octanol–water partition coefficient (Wildman–Crippen LogP) is 4.84. The van der Waals surface area contributed by atoms with E-state index in [1.54, 1.807) is 12.3 Å². The third kappa shape index (κ3) is 3.43. The summed E-state index contributed by atoms with van der Waals surface area (Å²) in [6.45, 7) is 5.55. The van der Waals surface area contributed by atoms with Gasteiger partial charge in [-0.3, -0.25) is 0 Å². The van der Waals surface area contributed by atoms with Crippen molar-refractivity contribution >= 4 is 23.3 Å². The molecule has 0 atom stereocenters. The Morgan fingerprint density at radius 3 is 2.59 bits per heavy atom. The standard InChI is InChI=1S/C25H27FN4O.ClH/c1-3-15-6-5-7-16(4-2)24(15)30-25(19-13-27-10-9-22(19)29-30)18-12-21(26)20(14-31)23-17(18)8-11-28-23;/h5-8,11-12,27-28,31H,3-4,9-10,13-14H2,1-2H3;1H. The molecule has 1 aliphatic heterocycles. The molecule has 0 aliphatic carbocycles. The Morgan fingerprint density at radius 1 is 1.16 bits per heavy atom. The number of aliphatic hydroxyl groups is 1. The molecule has 3 heterocycles. The van der Waals surface area contributed by atoms with Crippen molar-refractivity contribution in [1.29, 1.82) is 0 Å². The molecule has 168 valence electrons. The van der Waals surface area contributed by atoms with Crippen LogP contribution in [0.1, 0.15) is 41.8 Å². The van der Waals surface area contributed by atoms with Crippen LogP contribution in [-0.4, -0.2) is 26.4 Å². The quantitative estimate of drug-likeness (QED) is 0.404. The second kappa shape index (κ2) is 9.06. The van der Waals surface area contributed by atoms with Crippen LogP contribution in [0.15, 0.2) is 36.5 Å². The predicted molar refractivity (Wildman–Crippen MR) is 128 cm³/mol. The van der Waals surface area contributed by atoms with Crippen molar-refractivity contribution < 1.29 is 9.50 Å². The van der Waals surface area contributed by atoms with Crippen LogP contribution in [0.2, 0.25) is 0 Å². The Hall–Kier alpha value is -2.67. The van der Waals surface area contributed by atoms with Gasteiger partial charge in [-0.15, -0.1) is 12.4 Å². The second-order valence-electron chi connectivity index (χ2n) is 8.05. The fourth-order valence-corrected chi connectivity index (χ4v) is 4.83. The van der Waals surface area contributed by atoms with Crippen LogP contribution in [-0.2, 0) is 32.4 Å². The number of rotatable bonds is 5. The summed E-state index contributed by atoms with van der Waals surface area (Å²) < 4.78 is 17.1. The summed E-state index contributed by atoms with van der Waals surface area (Å²) in [6.07, 6.45) is 4.43. The van der Waals surface area contributed by atoms with Crippen molar-refractivity contribution in [2.45, 2.75) is 46.3 Å². The Kier molecular flexibility index (Phi) is 6.38. The SMILES string of the molecule is CCc1cccc(CC)c1-n1nc2c(c1-c1cc(F)c(CO)c3[nH]ccc13)CNCC2.Cl. The highest BCUT2D eigenvalue weighted by Gasteiger charge is 2.27. The van der Waals surface area contributed by atoms with Crippen molar-refractivity contribution in [2.75, 3.05) is 6.54 Å². The number of fused-ring (bicyclic) bond motifs is 2. The molecule has 5 nitrogen and oxygen atoms in total. The molecule has 2 aromatic carbocycles. The summed E-state index contributed by atoms with van der Waals surface area (Å²) in [5.74, 6) is -0.405. The van der Waals surface area contributed by atoms with Crippen molar-refractivity contribution in [1.82, 2.24) is 20.1 Å². The number of aromatic nitrogens is 3. The van der Waals surface area contributed by atoms with Crippen LogP contribution < -0.4 is 5.32 Å². The minimum absolute atomic E-state index is 0. The molecule has 2 aromatic heterocycles. The van der Waals surface area contributed by atoms with Crippen LogP contribution in [0.3, 0.4) is 0 Å². The monoisotopic (exact) mass is 454 g/mol. The normalized spacial score (nSPS) is 13.2. The van der Waals surface area contributed by atoms with Gasteiger partial charge < -0.3 is 15.4 Å². The van der Waals surface area contributed by atoms with Gasteiger partial charge in [-0.25, -0.2) is 9.07 Å². The van der Waals surface area contributed by atoms with Gasteiger partial charge in [-0.05, 0) is 36.1 Å². The molecule has 0 saturated heterocycles. The van der Waals surface area contributed by atoms with Crippen molar-refractivity contribution in [3.8, 4) is 16.9 Å². The zero-order valence-corrected chi connectivity index (χ0v) is 19.2. The number of para-hydroxylation sites is 1. The lowest BCUT2D eigenvalue weighted by Gasteiger charge is -2.18. The average Bonchev–Trinajstić information content (AvgIpc) is 3.43. The van der Waals surface area contributed by atoms with E-state index in [2.05, 4.69) is 47.0 Å². The Balaban J connectivity index is 0.00000245. The first-order chi connectivity index (χ1) is 15.2. The van der Waals surface area contributed by atoms with E-state index in [0.717, 1.165) is 59.4 Å². The van der Waals surface area contributed by atoms with Gasteiger partial charge in [-0.2, -0.15) is 5.10 Å². The zero-order chi connectivity index (χ0) is 21.5. The van der Waals surface area contributed by atoms with E-state index in [0.29, 0.717) is 17.6 Å². The van der Waals surface area contributed by atoms with Gasteiger partial charge in [0, 0.05) is 47.8 Å². The summed E-state index contributed by atoms with van der Waals surface area (Å²) >= 11 is 0. The number of hydrogen-bond donors (Lipinski definition) is 3. The minimum atomic E-state index is -0.405. The van der Waals surface area contributed by atoms with Gasteiger partial charge in [0.05, 0.1) is 29.2 Å². The Morgan fingerprint density at radius 2 is 1.91 bits per heavy atom. The van der Waals surface area contributed by atoms with Crippen LogP contribution in [0.5, 0.6) is 0 Å². The molecule has 0 bridgehead atoms. The van der Waals surface area contributed by atoms with Gasteiger partial charge in [-0.1, -0.05) is 32.0 Å². The number of nitrogens with one attached hydrogen (secondary N) is 2. The Labute approximate surface area is 193 Å². The minimum Gasteiger partial charge on any atom is -0.391 e. The second-order valence-corrected chi connectivity index (χ2v) is 8.05. The molecule has 0 unspecified atom stereocenters. The van der Waals surface area contributed by atoms with Crippen molar-refractivity contribution in [3.05, 3.63) is 70.3 Å². The third-order valence-corrected chi connectivity index (χ3v) is 6.40. The summed E-state index contributed by atoms with van der Waals surface area (Å²) in [4.78, 5) is 3.12. The summed E-state index contributed by atoms with van der Waals surface area (Å²) in [5, 5.41) is 19.2. The van der Waals surface area contributed by atoms with E-state index < -0.39 is 5.82 Å². The van der Waals surface area contributed by atoms with E-state index in [1.807, 2.05) is 6.07 Å². The fraction of sp³-hybridized carbons (Fsp3) is 0.320. The smallest absolute Gasteiger partial charge is 0.131 e. The zero-order valence-electron chi connectivity index (χ0n) is 18.3. The highest BCUT2D eigenvalue weighted by Crippen LogP contribution is 2.38. The largest absolute Gasteiger partial charge is 0.391 e. The molecule has 0 radical (unpaired) electrons. The van der Waals surface area contributed by atoms with Crippen LogP contribution in [0, 0.1) is 5.82 Å². The lowest BCUT2D eigenvalue weighted by Crippen LogP contribution is -2.23. The number of aliphatic hydroxyl groups excluding tert-OH is 1. The molecule has 32 heavy (non-hydrogen) atoms. The molecule has 5 rings (SSSR count). The van der Waals surface area contributed by atoms with E-state index >= 15 is 4.39 Å². The third-order valence-electron chi connectivity index (χ3n) is 6.40. The van der Waals surface area contributed by atoms with Crippen LogP contribution in [0.4, 0.5) is 4.39 Å². The maximum Gasteiger partial charge on any atom is 0.131 e. The topological polar surface area (TPSA) is 65.9 Å². The fourth-order valence-electron chi connectivity index (χ4n) is 4.83. The molecule has 7 heteroatoms. The molecule has 0 saturated carbocycles. The molecule has 4 aromatic rings. The first kappa shape index (κ1) is 22.5. The summed E-state index contributed by atoms with van der Waals surface area (Å²) in [5.41, 5.74) is 8.42. The molecular weight excluding hydrogens is 427 g/mol. The lowest BCUT2D eigenvalue weighted by molar-refractivity contribution is 0.277. The summed E-state index contributed by atoms with van der Waals surface area (Å²) in [7, 11) is 0. The first-order valence-electron chi connectivity index (χ1n) is 11.0. The van der Waals surface area contributed by atoms with Gasteiger partial charge in [0.1, 0.15) is 5.82 Å². The number of aromatic amines is 1. The molecule has 1 aliphatic rings. The van der Waals surface area contributed by atoms with Gasteiger partial charge in [0.25, 0.3) is 0 Å². The Bertz CT molecular complexity index is 1250. The van der Waals surface area contributed by atoms with Crippen molar-refractivity contribution in [2.24, 2.45) is 0 Å². The first-order valence-corrected chi connectivity index (χ1v) is 11.0. The maximum absolute atomic E-state index is 15.1. The van der Waals surface area contributed by atoms with Crippen molar-refractivity contribution in [3.63, 3.8) is 0 Å². The van der Waals surface area contributed by atoms with Gasteiger partial charge >= 0.3 is 0 Å². The molecule has 0 fully saturated rings. The molecule has 0 amide bonds. The van der Waals surface area contributed by atoms with Gasteiger partial charge in [0.2, 0.25) is 0 Å². The van der Waals surface area contributed by atoms with E-state index in [-0.39, 0.29) is 19.0 Å². The van der Waals surface area contributed by atoms with Gasteiger partial charge in [0.15, 0.2) is 0 Å². The van der Waals surface area contributed by atoms with Crippen LogP contribution in [0.25, 0.3) is 27.8 Å².